The van der Waals surface area contributed by atoms with Gasteiger partial charge in [0.1, 0.15) is 11.5 Å². The van der Waals surface area contributed by atoms with Crippen molar-refractivity contribution in [2.45, 2.75) is 65.7 Å². The first kappa shape index (κ1) is 16.2. The Morgan fingerprint density at radius 2 is 1.76 bits per heavy atom. The highest BCUT2D eigenvalue weighted by molar-refractivity contribution is 5.49. The molecule has 1 aromatic carbocycles. The average Bonchev–Trinajstić information content (AvgIpc) is 2.77. The number of benzene rings is 1. The Kier molecular flexibility index (Phi) is 5.18. The van der Waals surface area contributed by atoms with E-state index in [1.54, 1.807) is 0 Å². The molecule has 1 saturated carbocycles. The number of aryl methyl sites for hydroxylation is 1. The van der Waals surface area contributed by atoms with Crippen molar-refractivity contribution >= 4 is 0 Å². The van der Waals surface area contributed by atoms with Gasteiger partial charge >= 0.3 is 0 Å². The van der Waals surface area contributed by atoms with E-state index >= 15 is 0 Å². The van der Waals surface area contributed by atoms with E-state index in [1.807, 2.05) is 12.1 Å². The van der Waals surface area contributed by atoms with Crippen molar-refractivity contribution in [1.29, 1.82) is 0 Å². The lowest BCUT2D eigenvalue weighted by Crippen LogP contribution is -2.13. The van der Waals surface area contributed by atoms with E-state index in [1.165, 1.54) is 6.42 Å². The summed E-state index contributed by atoms with van der Waals surface area (Å²) in [6.45, 7) is 8.93. The summed E-state index contributed by atoms with van der Waals surface area (Å²) >= 11 is 0. The fraction of sp³-hybridized carbons (Fsp3) is 0.684. The molecule has 2 nitrogen and oxygen atoms in total. The molecule has 0 aliphatic heterocycles. The van der Waals surface area contributed by atoms with E-state index in [0.717, 1.165) is 36.8 Å². The number of hydrogen-bond donors (Lipinski definition) is 2. The number of phenolic OH excluding ortho intramolecular Hbond substituents is 2. The van der Waals surface area contributed by atoms with Crippen LogP contribution in [-0.4, -0.2) is 10.2 Å². The number of phenols is 2. The monoisotopic (exact) mass is 290 g/mol. The van der Waals surface area contributed by atoms with Crippen molar-refractivity contribution in [3.8, 4) is 11.5 Å². The van der Waals surface area contributed by atoms with Gasteiger partial charge < -0.3 is 10.2 Å². The van der Waals surface area contributed by atoms with Gasteiger partial charge in [0.05, 0.1) is 0 Å². The van der Waals surface area contributed by atoms with Crippen LogP contribution < -0.4 is 0 Å². The molecule has 1 fully saturated rings. The van der Waals surface area contributed by atoms with Gasteiger partial charge in [-0.05, 0) is 67.1 Å². The van der Waals surface area contributed by atoms with E-state index in [-0.39, 0.29) is 0 Å². The molecule has 1 aliphatic rings. The summed E-state index contributed by atoms with van der Waals surface area (Å²) in [6, 6.07) is 3.73. The van der Waals surface area contributed by atoms with Crippen LogP contribution in [0.25, 0.3) is 0 Å². The first-order valence-corrected chi connectivity index (χ1v) is 8.48. The van der Waals surface area contributed by atoms with Crippen molar-refractivity contribution in [3.05, 3.63) is 23.3 Å². The van der Waals surface area contributed by atoms with Gasteiger partial charge in [-0.2, -0.15) is 0 Å². The van der Waals surface area contributed by atoms with Crippen LogP contribution in [0.4, 0.5) is 0 Å². The molecular formula is C19H30O2. The Hall–Kier alpha value is -1.18. The average molecular weight is 290 g/mol. The first-order chi connectivity index (χ1) is 9.93. The maximum Gasteiger partial charge on any atom is 0.123 e. The van der Waals surface area contributed by atoms with Gasteiger partial charge in [-0.15, -0.1) is 0 Å². The van der Waals surface area contributed by atoms with Crippen LogP contribution in [0.1, 0.15) is 70.4 Å². The quantitative estimate of drug-likeness (QED) is 0.780. The molecular weight excluding hydrogens is 260 g/mol. The van der Waals surface area contributed by atoms with Gasteiger partial charge in [0, 0.05) is 5.56 Å². The van der Waals surface area contributed by atoms with Crippen LogP contribution in [-0.2, 0) is 6.42 Å². The van der Waals surface area contributed by atoms with Crippen LogP contribution in [0.3, 0.4) is 0 Å². The van der Waals surface area contributed by atoms with Gasteiger partial charge in [0.2, 0.25) is 0 Å². The minimum absolute atomic E-state index is 0.292. The molecule has 0 bridgehead atoms. The minimum atomic E-state index is 0.292. The van der Waals surface area contributed by atoms with Crippen LogP contribution >= 0.6 is 0 Å². The molecule has 0 heterocycles. The zero-order valence-corrected chi connectivity index (χ0v) is 13.9. The van der Waals surface area contributed by atoms with E-state index < -0.39 is 0 Å². The summed E-state index contributed by atoms with van der Waals surface area (Å²) in [5.74, 6) is 2.69. The lowest BCUT2D eigenvalue weighted by atomic mass is 9.80. The highest BCUT2D eigenvalue weighted by Gasteiger charge is 2.37. The number of unbranched alkanes of at least 4 members (excludes halogenated alkanes) is 1. The predicted molar refractivity (Wildman–Crippen MR) is 87.9 cm³/mol. The smallest absolute Gasteiger partial charge is 0.123 e. The van der Waals surface area contributed by atoms with E-state index in [0.29, 0.717) is 35.2 Å². The van der Waals surface area contributed by atoms with Gasteiger partial charge in [-0.1, -0.05) is 34.1 Å². The molecule has 118 valence electrons. The summed E-state index contributed by atoms with van der Waals surface area (Å²) in [7, 11) is 0. The van der Waals surface area contributed by atoms with Crippen molar-refractivity contribution in [3.63, 3.8) is 0 Å². The molecule has 0 radical (unpaired) electrons. The molecule has 2 unspecified atom stereocenters. The molecule has 2 rings (SSSR count). The molecule has 0 spiro atoms. The Morgan fingerprint density at radius 3 is 2.29 bits per heavy atom. The maximum atomic E-state index is 10.5. The third kappa shape index (κ3) is 3.53. The number of hydrogen-bond acceptors (Lipinski definition) is 2. The van der Waals surface area contributed by atoms with Gasteiger partial charge in [-0.25, -0.2) is 0 Å². The molecule has 3 atom stereocenters. The zero-order chi connectivity index (χ0) is 15.6. The normalized spacial score (nSPS) is 25.7. The molecule has 2 N–H and O–H groups in total. The van der Waals surface area contributed by atoms with Crippen LogP contribution in [0, 0.1) is 17.8 Å². The SMILES string of the molecule is CCCCc1cc(O)c([C@@H]2CC(C)CC2C(C)C)c(O)c1. The van der Waals surface area contributed by atoms with Crippen molar-refractivity contribution < 1.29 is 10.2 Å². The highest BCUT2D eigenvalue weighted by Crippen LogP contribution is 2.51. The second-order valence-electron chi connectivity index (χ2n) is 7.24. The third-order valence-electron chi connectivity index (χ3n) is 5.09. The van der Waals surface area contributed by atoms with Gasteiger partial charge in [0.15, 0.2) is 0 Å². The summed E-state index contributed by atoms with van der Waals surface area (Å²) in [6.07, 6.45) is 5.40. The molecule has 0 saturated heterocycles. The topological polar surface area (TPSA) is 40.5 Å². The van der Waals surface area contributed by atoms with Crippen molar-refractivity contribution in [2.24, 2.45) is 17.8 Å². The lowest BCUT2D eigenvalue weighted by molar-refractivity contribution is 0.335. The van der Waals surface area contributed by atoms with Crippen LogP contribution in [0.5, 0.6) is 11.5 Å². The Balaban J connectivity index is 2.30. The Labute approximate surface area is 129 Å². The first-order valence-electron chi connectivity index (χ1n) is 8.48. The van der Waals surface area contributed by atoms with Gasteiger partial charge in [0.25, 0.3) is 0 Å². The molecule has 1 aromatic rings. The van der Waals surface area contributed by atoms with Gasteiger partial charge in [-0.3, -0.25) is 0 Å². The largest absolute Gasteiger partial charge is 0.508 e. The van der Waals surface area contributed by atoms with Crippen molar-refractivity contribution in [1.82, 2.24) is 0 Å². The van der Waals surface area contributed by atoms with E-state index in [2.05, 4.69) is 27.7 Å². The van der Waals surface area contributed by atoms with E-state index in [9.17, 15) is 10.2 Å². The number of aromatic hydroxyl groups is 2. The molecule has 2 heteroatoms. The van der Waals surface area contributed by atoms with E-state index in [4.69, 9.17) is 0 Å². The molecule has 21 heavy (non-hydrogen) atoms. The van der Waals surface area contributed by atoms with Crippen LogP contribution in [0.2, 0.25) is 0 Å². The van der Waals surface area contributed by atoms with Crippen LogP contribution in [0.15, 0.2) is 12.1 Å². The summed E-state index contributed by atoms with van der Waals surface area (Å²) in [5.41, 5.74) is 1.83. The standard InChI is InChI=1S/C19H30O2/c1-5-6-7-14-10-17(20)19(18(21)11-14)16-9-13(4)8-15(16)12(2)3/h10-13,15-16,20-21H,5-9H2,1-4H3/t13?,15?,16-/m1/s1. The number of rotatable bonds is 5. The fourth-order valence-corrected chi connectivity index (χ4v) is 3.99. The van der Waals surface area contributed by atoms with Crippen molar-refractivity contribution in [2.75, 3.05) is 0 Å². The lowest BCUT2D eigenvalue weighted by Gasteiger charge is -2.25. The summed E-state index contributed by atoms with van der Waals surface area (Å²) < 4.78 is 0. The Morgan fingerprint density at radius 1 is 1.14 bits per heavy atom. The third-order valence-corrected chi connectivity index (χ3v) is 5.09. The molecule has 0 amide bonds. The second kappa shape index (κ2) is 6.72. The Bertz CT molecular complexity index is 455. The predicted octanol–water partition coefficient (Wildman–Crippen LogP) is 5.23. The fourth-order valence-electron chi connectivity index (χ4n) is 3.99. The molecule has 0 aromatic heterocycles. The summed E-state index contributed by atoms with van der Waals surface area (Å²) in [4.78, 5) is 0. The minimum Gasteiger partial charge on any atom is -0.508 e. The highest BCUT2D eigenvalue weighted by atomic mass is 16.3. The maximum absolute atomic E-state index is 10.5. The summed E-state index contributed by atoms with van der Waals surface area (Å²) in [5, 5.41) is 20.9. The zero-order valence-electron chi connectivity index (χ0n) is 13.9. The second-order valence-corrected chi connectivity index (χ2v) is 7.24. The molecule has 1 aliphatic carbocycles.